The summed E-state index contributed by atoms with van der Waals surface area (Å²) in [6.45, 7) is 0. The molecule has 0 bridgehead atoms. The minimum atomic E-state index is -0.799. The molecule has 2 rings (SSSR count). The van der Waals surface area contributed by atoms with Gasteiger partial charge in [-0.15, -0.1) is 0 Å². The Balaban J connectivity index is 2.31. The van der Waals surface area contributed by atoms with Gasteiger partial charge in [-0.05, 0) is 42.3 Å². The molecule has 0 aromatic heterocycles. The van der Waals surface area contributed by atoms with Crippen molar-refractivity contribution >= 4 is 0 Å². The Hall–Kier alpha value is -1.92. The van der Waals surface area contributed by atoms with Crippen LogP contribution in [0.3, 0.4) is 0 Å². The largest absolute Gasteiger partial charge is 0.271 e. The van der Waals surface area contributed by atoms with Gasteiger partial charge in [-0.3, -0.25) is 11.3 Å². The SMILES string of the molecule is NNC(Cc1cc(F)cc(F)c1)c1cc(F)ccc1F. The molecule has 20 heavy (non-hydrogen) atoms. The van der Waals surface area contributed by atoms with Gasteiger partial charge in [-0.1, -0.05) is 0 Å². The lowest BCUT2D eigenvalue weighted by molar-refractivity contribution is 0.499. The maximum absolute atomic E-state index is 13.7. The Labute approximate surface area is 113 Å². The Bertz CT molecular complexity index is 596. The minimum Gasteiger partial charge on any atom is -0.271 e. The van der Waals surface area contributed by atoms with E-state index in [0.29, 0.717) is 0 Å². The zero-order valence-corrected chi connectivity index (χ0v) is 10.3. The quantitative estimate of drug-likeness (QED) is 0.514. The second-order valence-electron chi connectivity index (χ2n) is 4.37. The third-order valence-electron chi connectivity index (χ3n) is 2.90. The zero-order chi connectivity index (χ0) is 14.7. The Morgan fingerprint density at radius 3 is 2.15 bits per heavy atom. The fraction of sp³-hybridized carbons (Fsp3) is 0.143. The molecule has 1 unspecified atom stereocenters. The number of rotatable bonds is 4. The van der Waals surface area contributed by atoms with Crippen molar-refractivity contribution in [1.82, 2.24) is 5.43 Å². The molecule has 0 saturated heterocycles. The number of halogens is 4. The number of nitrogens with one attached hydrogen (secondary N) is 1. The molecule has 0 spiro atoms. The topological polar surface area (TPSA) is 38.0 Å². The summed E-state index contributed by atoms with van der Waals surface area (Å²) in [5.41, 5.74) is 2.61. The van der Waals surface area contributed by atoms with E-state index >= 15 is 0 Å². The highest BCUT2D eigenvalue weighted by Gasteiger charge is 2.16. The molecular weight excluding hydrogens is 272 g/mol. The van der Waals surface area contributed by atoms with Crippen molar-refractivity contribution in [2.24, 2.45) is 5.84 Å². The second kappa shape index (κ2) is 6.02. The molecule has 0 aliphatic carbocycles. The van der Waals surface area contributed by atoms with E-state index in [0.717, 1.165) is 36.4 Å². The molecule has 2 nitrogen and oxygen atoms in total. The highest BCUT2D eigenvalue weighted by molar-refractivity contribution is 5.26. The van der Waals surface area contributed by atoms with Gasteiger partial charge in [0.05, 0.1) is 6.04 Å². The molecule has 0 saturated carbocycles. The first kappa shape index (κ1) is 14.5. The molecule has 6 heteroatoms. The van der Waals surface area contributed by atoms with Gasteiger partial charge in [-0.25, -0.2) is 17.6 Å². The number of hydrogen-bond donors (Lipinski definition) is 2. The van der Waals surface area contributed by atoms with E-state index < -0.39 is 29.3 Å². The minimum absolute atomic E-state index is 0.00262. The van der Waals surface area contributed by atoms with Crippen LogP contribution in [0.2, 0.25) is 0 Å². The van der Waals surface area contributed by atoms with Gasteiger partial charge in [0.25, 0.3) is 0 Å². The third-order valence-corrected chi connectivity index (χ3v) is 2.90. The van der Waals surface area contributed by atoms with Crippen molar-refractivity contribution in [2.75, 3.05) is 0 Å². The zero-order valence-electron chi connectivity index (χ0n) is 10.3. The van der Waals surface area contributed by atoms with E-state index in [9.17, 15) is 17.6 Å². The van der Waals surface area contributed by atoms with Crippen molar-refractivity contribution < 1.29 is 17.6 Å². The lowest BCUT2D eigenvalue weighted by Crippen LogP contribution is -2.30. The van der Waals surface area contributed by atoms with Crippen molar-refractivity contribution in [3.05, 3.63) is 70.8 Å². The number of hydrogen-bond acceptors (Lipinski definition) is 2. The van der Waals surface area contributed by atoms with Crippen LogP contribution < -0.4 is 11.3 Å². The highest BCUT2D eigenvalue weighted by atomic mass is 19.1. The Kier molecular flexibility index (Phi) is 4.36. The summed E-state index contributed by atoms with van der Waals surface area (Å²) in [5.74, 6) is 2.58. The van der Waals surface area contributed by atoms with Crippen LogP contribution in [0.25, 0.3) is 0 Å². The first-order chi connectivity index (χ1) is 9.49. The Morgan fingerprint density at radius 2 is 1.55 bits per heavy atom. The van der Waals surface area contributed by atoms with Gasteiger partial charge < -0.3 is 0 Å². The predicted octanol–water partition coefficient (Wildman–Crippen LogP) is 2.99. The summed E-state index contributed by atoms with van der Waals surface area (Å²) in [4.78, 5) is 0. The molecule has 0 aliphatic heterocycles. The molecule has 0 amide bonds. The van der Waals surface area contributed by atoms with E-state index in [1.165, 1.54) is 0 Å². The molecule has 2 aromatic carbocycles. The lowest BCUT2D eigenvalue weighted by atomic mass is 9.98. The molecule has 0 radical (unpaired) electrons. The molecular formula is C14H12F4N2. The Morgan fingerprint density at radius 1 is 0.900 bits per heavy atom. The van der Waals surface area contributed by atoms with Crippen LogP contribution in [-0.4, -0.2) is 0 Å². The summed E-state index contributed by atoms with van der Waals surface area (Å²) in [5, 5.41) is 0. The summed E-state index contributed by atoms with van der Waals surface area (Å²) >= 11 is 0. The average Bonchev–Trinajstić information content (AvgIpc) is 2.38. The van der Waals surface area contributed by atoms with E-state index in [-0.39, 0.29) is 17.5 Å². The van der Waals surface area contributed by atoms with Gasteiger partial charge in [-0.2, -0.15) is 0 Å². The average molecular weight is 284 g/mol. The molecule has 3 N–H and O–H groups in total. The van der Waals surface area contributed by atoms with E-state index in [1.54, 1.807) is 0 Å². The van der Waals surface area contributed by atoms with E-state index in [1.807, 2.05) is 0 Å². The number of hydrazine groups is 1. The molecule has 0 fully saturated rings. The van der Waals surface area contributed by atoms with Crippen LogP contribution in [0.4, 0.5) is 17.6 Å². The summed E-state index contributed by atoms with van der Waals surface area (Å²) in [6, 6.07) is 5.11. The van der Waals surface area contributed by atoms with Crippen LogP contribution in [0.5, 0.6) is 0 Å². The monoisotopic (exact) mass is 284 g/mol. The van der Waals surface area contributed by atoms with E-state index in [4.69, 9.17) is 5.84 Å². The van der Waals surface area contributed by atoms with Crippen molar-refractivity contribution in [1.29, 1.82) is 0 Å². The fourth-order valence-corrected chi connectivity index (χ4v) is 2.00. The van der Waals surface area contributed by atoms with Crippen LogP contribution in [0.1, 0.15) is 17.2 Å². The second-order valence-corrected chi connectivity index (χ2v) is 4.37. The smallest absolute Gasteiger partial charge is 0.128 e. The first-order valence-electron chi connectivity index (χ1n) is 5.85. The first-order valence-corrected chi connectivity index (χ1v) is 5.85. The summed E-state index contributed by atoms with van der Waals surface area (Å²) in [6.07, 6.45) is 0.0194. The number of benzene rings is 2. The van der Waals surface area contributed by atoms with Crippen LogP contribution in [0, 0.1) is 23.3 Å². The van der Waals surface area contributed by atoms with Crippen LogP contribution in [-0.2, 0) is 6.42 Å². The standard InChI is InChI=1S/C14H12F4N2/c15-9-1-2-13(18)12(7-9)14(20-19)5-8-3-10(16)6-11(17)4-8/h1-4,6-7,14,20H,5,19H2. The fourth-order valence-electron chi connectivity index (χ4n) is 2.00. The van der Waals surface area contributed by atoms with Crippen molar-refractivity contribution in [2.45, 2.75) is 12.5 Å². The molecule has 0 aliphatic rings. The van der Waals surface area contributed by atoms with Crippen molar-refractivity contribution in [3.8, 4) is 0 Å². The molecule has 2 aromatic rings. The van der Waals surface area contributed by atoms with Crippen LogP contribution in [0.15, 0.2) is 36.4 Å². The van der Waals surface area contributed by atoms with Gasteiger partial charge in [0.2, 0.25) is 0 Å². The lowest BCUT2D eigenvalue weighted by Gasteiger charge is -2.17. The summed E-state index contributed by atoms with van der Waals surface area (Å²) < 4.78 is 53.0. The molecule has 106 valence electrons. The van der Waals surface area contributed by atoms with Crippen LogP contribution >= 0.6 is 0 Å². The maximum atomic E-state index is 13.7. The van der Waals surface area contributed by atoms with Gasteiger partial charge in [0.15, 0.2) is 0 Å². The van der Waals surface area contributed by atoms with Crippen molar-refractivity contribution in [3.63, 3.8) is 0 Å². The molecule has 1 atom stereocenters. The molecule has 0 heterocycles. The van der Waals surface area contributed by atoms with Gasteiger partial charge >= 0.3 is 0 Å². The highest BCUT2D eigenvalue weighted by Crippen LogP contribution is 2.22. The normalized spacial score (nSPS) is 12.4. The van der Waals surface area contributed by atoms with Gasteiger partial charge in [0, 0.05) is 11.6 Å². The number of nitrogens with two attached hydrogens (primary N) is 1. The summed E-state index contributed by atoms with van der Waals surface area (Å²) in [7, 11) is 0. The predicted molar refractivity (Wildman–Crippen MR) is 66.5 cm³/mol. The van der Waals surface area contributed by atoms with Gasteiger partial charge in [0.1, 0.15) is 23.3 Å². The van der Waals surface area contributed by atoms with E-state index in [2.05, 4.69) is 5.43 Å². The maximum Gasteiger partial charge on any atom is 0.128 e. The third kappa shape index (κ3) is 3.34.